The Kier molecular flexibility index (Phi) is 7.18. The predicted octanol–water partition coefficient (Wildman–Crippen LogP) is 4.40. The number of thioether (sulfide) groups is 1. The average molecular weight is 471 g/mol. The van der Waals surface area contributed by atoms with Gasteiger partial charge in [0.05, 0.1) is 28.6 Å². The number of rotatable bonds is 7. The van der Waals surface area contributed by atoms with E-state index in [0.29, 0.717) is 5.56 Å². The summed E-state index contributed by atoms with van der Waals surface area (Å²) in [5.41, 5.74) is -0.614. The van der Waals surface area contributed by atoms with Crippen molar-refractivity contribution < 1.29 is 27.2 Å². The number of hydrogen-bond acceptors (Lipinski definition) is 6. The van der Waals surface area contributed by atoms with Gasteiger partial charge in [-0.25, -0.2) is 0 Å². The Morgan fingerprint density at radius 3 is 2.55 bits per heavy atom. The molecule has 2 amide bonds. The molecule has 0 saturated carbocycles. The molecule has 0 aliphatic rings. The SMILES string of the molecule is O=C(CSc1nnc(CNC(=O)c2ccccc2)o1)Nc1cc(C(F)(F)F)ccc1Cl. The van der Waals surface area contributed by atoms with Crippen molar-refractivity contribution in [3.05, 3.63) is 70.6 Å². The summed E-state index contributed by atoms with van der Waals surface area (Å²) >= 11 is 6.74. The van der Waals surface area contributed by atoms with Crippen molar-refractivity contribution in [2.45, 2.75) is 17.9 Å². The third-order valence-electron chi connectivity index (χ3n) is 3.78. The maximum atomic E-state index is 12.8. The van der Waals surface area contributed by atoms with Crippen LogP contribution < -0.4 is 10.6 Å². The summed E-state index contributed by atoms with van der Waals surface area (Å²) in [5.74, 6) is -0.994. The van der Waals surface area contributed by atoms with Gasteiger partial charge in [0, 0.05) is 5.56 Å². The second-order valence-electron chi connectivity index (χ2n) is 6.04. The Bertz CT molecular complexity index is 1080. The minimum atomic E-state index is -4.56. The highest BCUT2D eigenvalue weighted by Gasteiger charge is 2.31. The standard InChI is InChI=1S/C19H14ClF3N4O3S/c20-13-7-6-12(19(21,22)23)8-14(13)25-15(28)10-31-18-27-26-16(30-18)9-24-17(29)11-4-2-1-3-5-11/h1-8H,9-10H2,(H,24,29)(H,25,28). The molecule has 0 aliphatic heterocycles. The molecule has 162 valence electrons. The van der Waals surface area contributed by atoms with Crippen LogP contribution in [0.2, 0.25) is 5.02 Å². The van der Waals surface area contributed by atoms with E-state index in [1.165, 1.54) is 0 Å². The van der Waals surface area contributed by atoms with Gasteiger partial charge in [-0.05, 0) is 30.3 Å². The van der Waals surface area contributed by atoms with Crippen molar-refractivity contribution in [2.75, 3.05) is 11.1 Å². The molecule has 0 spiro atoms. The first-order valence-electron chi connectivity index (χ1n) is 8.67. The molecule has 31 heavy (non-hydrogen) atoms. The molecule has 3 aromatic rings. The fourth-order valence-electron chi connectivity index (χ4n) is 2.33. The van der Waals surface area contributed by atoms with Crippen LogP contribution in [0.4, 0.5) is 18.9 Å². The molecule has 0 bridgehead atoms. The number of carbonyl (C=O) groups is 2. The van der Waals surface area contributed by atoms with Gasteiger partial charge in [0.1, 0.15) is 0 Å². The molecule has 3 rings (SSSR count). The number of benzene rings is 2. The smallest absolute Gasteiger partial charge is 0.414 e. The van der Waals surface area contributed by atoms with Gasteiger partial charge in [-0.2, -0.15) is 13.2 Å². The second-order valence-corrected chi connectivity index (χ2v) is 7.37. The van der Waals surface area contributed by atoms with E-state index >= 15 is 0 Å². The molecule has 2 aromatic carbocycles. The van der Waals surface area contributed by atoms with E-state index in [0.717, 1.165) is 30.0 Å². The summed E-state index contributed by atoms with van der Waals surface area (Å²) in [5, 5.41) is 12.5. The van der Waals surface area contributed by atoms with Crippen molar-refractivity contribution in [3.63, 3.8) is 0 Å². The Morgan fingerprint density at radius 2 is 1.84 bits per heavy atom. The maximum absolute atomic E-state index is 12.8. The van der Waals surface area contributed by atoms with Crippen molar-refractivity contribution in [1.82, 2.24) is 15.5 Å². The molecular weight excluding hydrogens is 457 g/mol. The van der Waals surface area contributed by atoms with Crippen LogP contribution in [-0.4, -0.2) is 27.8 Å². The fourth-order valence-corrected chi connectivity index (χ4v) is 3.07. The van der Waals surface area contributed by atoms with Gasteiger partial charge in [-0.3, -0.25) is 9.59 Å². The first-order valence-corrected chi connectivity index (χ1v) is 10.0. The zero-order valence-electron chi connectivity index (χ0n) is 15.6. The predicted molar refractivity (Wildman–Crippen MR) is 108 cm³/mol. The highest BCUT2D eigenvalue weighted by Crippen LogP contribution is 2.33. The van der Waals surface area contributed by atoms with E-state index in [-0.39, 0.29) is 40.0 Å². The van der Waals surface area contributed by atoms with Gasteiger partial charge in [-0.1, -0.05) is 41.6 Å². The van der Waals surface area contributed by atoms with Crippen LogP contribution in [-0.2, 0) is 17.5 Å². The number of hydrogen-bond donors (Lipinski definition) is 2. The highest BCUT2D eigenvalue weighted by molar-refractivity contribution is 7.99. The van der Waals surface area contributed by atoms with Crippen molar-refractivity contribution in [2.24, 2.45) is 0 Å². The first kappa shape index (κ1) is 22.6. The maximum Gasteiger partial charge on any atom is 0.416 e. The van der Waals surface area contributed by atoms with E-state index in [2.05, 4.69) is 20.8 Å². The van der Waals surface area contributed by atoms with Crippen LogP contribution in [0.3, 0.4) is 0 Å². The van der Waals surface area contributed by atoms with Crippen molar-refractivity contribution in [1.29, 1.82) is 0 Å². The lowest BCUT2D eigenvalue weighted by atomic mass is 10.2. The fraction of sp³-hybridized carbons (Fsp3) is 0.158. The molecule has 1 heterocycles. The van der Waals surface area contributed by atoms with Gasteiger partial charge < -0.3 is 15.1 Å². The number of halogens is 4. The molecule has 0 aliphatic carbocycles. The Labute approximate surface area is 183 Å². The third kappa shape index (κ3) is 6.46. The van der Waals surface area contributed by atoms with E-state index in [1.54, 1.807) is 30.3 Å². The molecule has 1 aromatic heterocycles. The lowest BCUT2D eigenvalue weighted by Crippen LogP contribution is -2.22. The number of alkyl halides is 3. The summed E-state index contributed by atoms with van der Waals surface area (Å²) in [6.07, 6.45) is -4.56. The van der Waals surface area contributed by atoms with Crippen LogP contribution in [0.5, 0.6) is 0 Å². The number of nitrogens with zero attached hydrogens (tertiary/aromatic N) is 2. The highest BCUT2D eigenvalue weighted by atomic mass is 35.5. The van der Waals surface area contributed by atoms with Crippen LogP contribution >= 0.6 is 23.4 Å². The summed E-state index contributed by atoms with van der Waals surface area (Å²) in [4.78, 5) is 24.0. The Hall–Kier alpha value is -3.05. The zero-order valence-corrected chi connectivity index (χ0v) is 17.1. The summed E-state index contributed by atoms with van der Waals surface area (Å²) in [6, 6.07) is 11.2. The normalized spacial score (nSPS) is 11.2. The third-order valence-corrected chi connectivity index (χ3v) is 4.93. The van der Waals surface area contributed by atoms with Gasteiger partial charge in [0.2, 0.25) is 11.8 Å². The lowest BCUT2D eigenvalue weighted by Gasteiger charge is -2.11. The molecule has 12 heteroatoms. The van der Waals surface area contributed by atoms with Crippen LogP contribution in [0, 0.1) is 0 Å². The lowest BCUT2D eigenvalue weighted by molar-refractivity contribution is -0.137. The molecule has 0 radical (unpaired) electrons. The summed E-state index contributed by atoms with van der Waals surface area (Å²) in [7, 11) is 0. The van der Waals surface area contributed by atoms with Crippen LogP contribution in [0.1, 0.15) is 21.8 Å². The second kappa shape index (κ2) is 9.84. The minimum absolute atomic E-state index is 0.00662. The molecule has 0 unspecified atom stereocenters. The molecule has 0 fully saturated rings. The summed E-state index contributed by atoms with van der Waals surface area (Å²) < 4.78 is 43.7. The van der Waals surface area contributed by atoms with Crippen molar-refractivity contribution in [3.8, 4) is 0 Å². The number of carbonyl (C=O) groups excluding carboxylic acids is 2. The number of aromatic nitrogens is 2. The molecule has 7 nitrogen and oxygen atoms in total. The Morgan fingerprint density at radius 1 is 1.10 bits per heavy atom. The van der Waals surface area contributed by atoms with E-state index in [1.807, 2.05) is 0 Å². The zero-order chi connectivity index (χ0) is 22.4. The van der Waals surface area contributed by atoms with Crippen LogP contribution in [0.15, 0.2) is 58.2 Å². The largest absolute Gasteiger partial charge is 0.416 e. The molecule has 2 N–H and O–H groups in total. The Balaban J connectivity index is 1.50. The van der Waals surface area contributed by atoms with Gasteiger partial charge >= 0.3 is 6.18 Å². The van der Waals surface area contributed by atoms with E-state index < -0.39 is 17.6 Å². The monoisotopic (exact) mass is 470 g/mol. The van der Waals surface area contributed by atoms with Crippen molar-refractivity contribution >= 4 is 40.9 Å². The van der Waals surface area contributed by atoms with E-state index in [9.17, 15) is 22.8 Å². The average Bonchev–Trinajstić information content (AvgIpc) is 3.20. The quantitative estimate of drug-likeness (QED) is 0.497. The summed E-state index contributed by atoms with van der Waals surface area (Å²) in [6.45, 7) is -0.00662. The van der Waals surface area contributed by atoms with Crippen LogP contribution in [0.25, 0.3) is 0 Å². The molecule has 0 atom stereocenters. The molecule has 0 saturated heterocycles. The topological polar surface area (TPSA) is 97.1 Å². The molecular formula is C19H14ClF3N4O3S. The minimum Gasteiger partial charge on any atom is -0.414 e. The van der Waals surface area contributed by atoms with Gasteiger partial charge in [0.15, 0.2) is 0 Å². The van der Waals surface area contributed by atoms with Gasteiger partial charge in [-0.15, -0.1) is 10.2 Å². The number of amides is 2. The first-order chi connectivity index (χ1) is 14.7. The number of anilines is 1. The van der Waals surface area contributed by atoms with E-state index in [4.69, 9.17) is 16.0 Å². The number of nitrogens with one attached hydrogen (secondary N) is 2. The van der Waals surface area contributed by atoms with Gasteiger partial charge in [0.25, 0.3) is 11.1 Å².